The number of amides is 2. The van der Waals surface area contributed by atoms with Gasteiger partial charge in [-0.25, -0.2) is 18.6 Å². The maximum absolute atomic E-state index is 12.8. The van der Waals surface area contributed by atoms with Crippen molar-refractivity contribution >= 4 is 39.2 Å². The van der Waals surface area contributed by atoms with Crippen LogP contribution in [0.5, 0.6) is 0 Å². The first kappa shape index (κ1) is 17.1. The normalized spacial score (nSPS) is 25.0. The van der Waals surface area contributed by atoms with Crippen molar-refractivity contribution < 1.29 is 23.5 Å². The minimum absolute atomic E-state index is 0.0108. The van der Waals surface area contributed by atoms with Crippen molar-refractivity contribution in [3.8, 4) is 0 Å². The molecule has 0 spiro atoms. The lowest BCUT2D eigenvalue weighted by molar-refractivity contribution is -0.149. The first-order valence-corrected chi connectivity index (χ1v) is 9.19. The molecule has 1 saturated heterocycles. The van der Waals surface area contributed by atoms with Crippen LogP contribution >= 0.6 is 11.3 Å². The fraction of sp³-hybridized carbons (Fsp3) is 0.471. The Morgan fingerprint density at radius 1 is 1.42 bits per heavy atom. The smallest absolute Gasteiger partial charge is 0.321 e. The van der Waals surface area contributed by atoms with Gasteiger partial charge in [0, 0.05) is 18.8 Å². The predicted molar refractivity (Wildman–Crippen MR) is 92.6 cm³/mol. The molecule has 2 atom stereocenters. The molecule has 2 amide bonds. The number of nitrogens with zero attached hydrogens (tertiary/aromatic N) is 2. The fourth-order valence-electron chi connectivity index (χ4n) is 4.11. The third-order valence-electron chi connectivity index (χ3n) is 5.43. The Labute approximate surface area is 151 Å². The van der Waals surface area contributed by atoms with E-state index in [1.54, 1.807) is 23.1 Å². The summed E-state index contributed by atoms with van der Waals surface area (Å²) in [5, 5.41) is 12.1. The number of alkyl halides is 2. The van der Waals surface area contributed by atoms with Gasteiger partial charge >= 0.3 is 12.0 Å². The summed E-state index contributed by atoms with van der Waals surface area (Å²) in [4.78, 5) is 29.7. The van der Waals surface area contributed by atoms with Crippen LogP contribution in [-0.4, -0.2) is 40.1 Å². The number of urea groups is 1. The van der Waals surface area contributed by atoms with Gasteiger partial charge in [0.05, 0.1) is 15.6 Å². The summed E-state index contributed by atoms with van der Waals surface area (Å²) in [5.41, 5.74) is 0.114. The molecule has 1 aromatic heterocycles. The minimum Gasteiger partial charge on any atom is -0.481 e. The third-order valence-corrected chi connectivity index (χ3v) is 6.45. The van der Waals surface area contributed by atoms with Crippen LogP contribution in [0, 0.1) is 11.3 Å². The molecule has 1 aromatic carbocycles. The minimum atomic E-state index is -2.62. The molecular formula is C17H17F2N3O3S. The van der Waals surface area contributed by atoms with Gasteiger partial charge in [-0.3, -0.25) is 4.79 Å². The largest absolute Gasteiger partial charge is 0.481 e. The SMILES string of the molecule is O=C(Nc1ccc2nc(C(F)F)sc2c1)N1C[C@@H]2CCC[C@@]2(C(=O)O)C1. The number of halogens is 2. The van der Waals surface area contributed by atoms with Crippen molar-refractivity contribution in [2.24, 2.45) is 11.3 Å². The van der Waals surface area contributed by atoms with E-state index in [1.165, 1.54) is 0 Å². The van der Waals surface area contributed by atoms with Gasteiger partial charge in [-0.2, -0.15) is 0 Å². The summed E-state index contributed by atoms with van der Waals surface area (Å²) in [5.74, 6) is -0.843. The number of carboxylic acids is 1. The quantitative estimate of drug-likeness (QED) is 0.843. The lowest BCUT2D eigenvalue weighted by atomic mass is 9.81. The topological polar surface area (TPSA) is 82.5 Å². The van der Waals surface area contributed by atoms with Gasteiger partial charge in [-0.15, -0.1) is 11.3 Å². The number of carboxylic acid groups (broad SMARTS) is 1. The molecule has 0 unspecified atom stereocenters. The number of carbonyl (C=O) groups is 2. The highest BCUT2D eigenvalue weighted by molar-refractivity contribution is 7.18. The zero-order valence-corrected chi connectivity index (χ0v) is 14.6. The maximum Gasteiger partial charge on any atom is 0.321 e. The van der Waals surface area contributed by atoms with Crippen molar-refractivity contribution in [3.63, 3.8) is 0 Å². The van der Waals surface area contributed by atoms with E-state index >= 15 is 0 Å². The monoisotopic (exact) mass is 381 g/mol. The molecule has 26 heavy (non-hydrogen) atoms. The van der Waals surface area contributed by atoms with Gasteiger partial charge < -0.3 is 15.3 Å². The second-order valence-electron chi connectivity index (χ2n) is 6.90. The molecule has 2 aliphatic rings. The number of aromatic nitrogens is 1. The zero-order chi connectivity index (χ0) is 18.5. The molecule has 1 aliphatic carbocycles. The Morgan fingerprint density at radius 2 is 2.23 bits per heavy atom. The molecule has 9 heteroatoms. The van der Waals surface area contributed by atoms with E-state index < -0.39 is 17.8 Å². The maximum atomic E-state index is 12.8. The van der Waals surface area contributed by atoms with Crippen LogP contribution in [0.1, 0.15) is 30.7 Å². The van der Waals surface area contributed by atoms with Crippen LogP contribution in [0.15, 0.2) is 18.2 Å². The van der Waals surface area contributed by atoms with Crippen molar-refractivity contribution in [1.82, 2.24) is 9.88 Å². The van der Waals surface area contributed by atoms with Gasteiger partial charge in [0.25, 0.3) is 6.43 Å². The number of nitrogens with one attached hydrogen (secondary N) is 1. The molecule has 6 nitrogen and oxygen atoms in total. The molecule has 1 aliphatic heterocycles. The average molecular weight is 381 g/mol. The fourth-order valence-corrected chi connectivity index (χ4v) is 4.97. The van der Waals surface area contributed by atoms with Crippen LogP contribution in [0.4, 0.5) is 19.3 Å². The van der Waals surface area contributed by atoms with E-state index in [2.05, 4.69) is 10.3 Å². The number of rotatable bonds is 3. The Balaban J connectivity index is 1.50. The average Bonchev–Trinajstić information content (AvgIpc) is 3.26. The summed E-state index contributed by atoms with van der Waals surface area (Å²) in [6.07, 6.45) is -0.332. The Kier molecular flexibility index (Phi) is 4.06. The molecule has 2 heterocycles. The lowest BCUT2D eigenvalue weighted by Gasteiger charge is -2.23. The van der Waals surface area contributed by atoms with Crippen LogP contribution in [0.25, 0.3) is 10.2 Å². The summed E-state index contributed by atoms with van der Waals surface area (Å²) >= 11 is 0.892. The van der Waals surface area contributed by atoms with Crippen molar-refractivity contribution in [2.75, 3.05) is 18.4 Å². The number of aliphatic carboxylic acids is 1. The summed E-state index contributed by atoms with van der Waals surface area (Å²) < 4.78 is 26.1. The van der Waals surface area contributed by atoms with Crippen molar-refractivity contribution in [2.45, 2.75) is 25.7 Å². The first-order valence-electron chi connectivity index (χ1n) is 8.37. The molecule has 138 valence electrons. The second-order valence-corrected chi connectivity index (χ2v) is 7.96. The first-order chi connectivity index (χ1) is 12.4. The molecule has 0 radical (unpaired) electrons. The van der Waals surface area contributed by atoms with Crippen LogP contribution in [-0.2, 0) is 4.79 Å². The van der Waals surface area contributed by atoms with Gasteiger partial charge in [0.15, 0.2) is 5.01 Å². The van der Waals surface area contributed by atoms with E-state index in [1.807, 2.05) is 0 Å². The highest BCUT2D eigenvalue weighted by Crippen LogP contribution is 2.49. The number of likely N-dealkylation sites (tertiary alicyclic amines) is 1. The molecule has 0 bridgehead atoms. The van der Waals surface area contributed by atoms with Crippen molar-refractivity contribution in [3.05, 3.63) is 23.2 Å². The van der Waals surface area contributed by atoms with E-state index in [0.29, 0.717) is 28.9 Å². The molecule has 2 N–H and O–H groups in total. The van der Waals surface area contributed by atoms with E-state index in [4.69, 9.17) is 0 Å². The summed E-state index contributed by atoms with van der Waals surface area (Å²) in [7, 11) is 0. The van der Waals surface area contributed by atoms with Crippen LogP contribution in [0.3, 0.4) is 0 Å². The van der Waals surface area contributed by atoms with E-state index in [0.717, 1.165) is 24.2 Å². The number of hydrogen-bond donors (Lipinski definition) is 2. The Bertz CT molecular complexity index is 887. The highest BCUT2D eigenvalue weighted by Gasteiger charge is 2.55. The standard InChI is InChI=1S/C17H17F2N3O3S/c18-13(19)14-21-11-4-3-10(6-12(11)26-14)20-16(25)22-7-9-2-1-5-17(9,8-22)15(23)24/h3-4,6,9,13H,1-2,5,7-8H2,(H,20,25)(H,23,24)/t9-,17+/m0/s1. The molecule has 4 rings (SSSR count). The predicted octanol–water partition coefficient (Wildman–Crippen LogP) is 3.95. The number of hydrogen-bond acceptors (Lipinski definition) is 4. The Hall–Kier alpha value is -2.29. The van der Waals surface area contributed by atoms with Gasteiger partial charge in [-0.05, 0) is 37.0 Å². The highest BCUT2D eigenvalue weighted by atomic mass is 32.1. The van der Waals surface area contributed by atoms with E-state index in [-0.39, 0.29) is 23.5 Å². The number of benzene rings is 1. The van der Waals surface area contributed by atoms with E-state index in [9.17, 15) is 23.5 Å². The molecule has 1 saturated carbocycles. The zero-order valence-electron chi connectivity index (χ0n) is 13.7. The third kappa shape index (κ3) is 2.70. The number of thiazole rings is 1. The van der Waals surface area contributed by atoms with Crippen LogP contribution < -0.4 is 5.32 Å². The summed E-state index contributed by atoms with van der Waals surface area (Å²) in [6, 6.07) is 4.45. The second kappa shape index (κ2) is 6.15. The summed E-state index contributed by atoms with van der Waals surface area (Å²) in [6.45, 7) is 0.633. The Morgan fingerprint density at radius 3 is 2.92 bits per heavy atom. The number of anilines is 1. The van der Waals surface area contributed by atoms with Gasteiger partial charge in [0.1, 0.15) is 0 Å². The van der Waals surface area contributed by atoms with Gasteiger partial charge in [-0.1, -0.05) is 6.42 Å². The number of carbonyl (C=O) groups excluding carboxylic acids is 1. The van der Waals surface area contributed by atoms with Crippen LogP contribution in [0.2, 0.25) is 0 Å². The number of fused-ring (bicyclic) bond motifs is 2. The molecular weight excluding hydrogens is 364 g/mol. The molecule has 2 fully saturated rings. The molecule has 2 aromatic rings. The lowest BCUT2D eigenvalue weighted by Crippen LogP contribution is -2.38. The van der Waals surface area contributed by atoms with Gasteiger partial charge in [0.2, 0.25) is 0 Å². The van der Waals surface area contributed by atoms with Crippen molar-refractivity contribution in [1.29, 1.82) is 0 Å².